The van der Waals surface area contributed by atoms with Crippen LogP contribution in [0.1, 0.15) is 12.8 Å². The first-order valence-corrected chi connectivity index (χ1v) is 12.8. The summed E-state index contributed by atoms with van der Waals surface area (Å²) < 4.78 is 61.3. The molecular formula is C18H27N3O7S2. The Kier molecular flexibility index (Phi) is 6.72. The molecule has 2 aliphatic heterocycles. The van der Waals surface area contributed by atoms with Gasteiger partial charge in [0.15, 0.2) is 9.84 Å². The van der Waals surface area contributed by atoms with Crippen LogP contribution in [0.4, 0.5) is 10.5 Å². The molecule has 168 valence electrons. The van der Waals surface area contributed by atoms with Gasteiger partial charge in [-0.1, -0.05) is 0 Å². The van der Waals surface area contributed by atoms with Gasteiger partial charge in [-0.2, -0.15) is 17.0 Å². The minimum atomic E-state index is -3.41. The van der Waals surface area contributed by atoms with E-state index in [2.05, 4.69) is 0 Å². The Labute approximate surface area is 177 Å². The van der Waals surface area contributed by atoms with Gasteiger partial charge in [0.25, 0.3) is 10.2 Å². The first kappa shape index (κ1) is 22.9. The fourth-order valence-electron chi connectivity index (χ4n) is 3.40. The number of sulfone groups is 1. The van der Waals surface area contributed by atoms with Crippen molar-refractivity contribution >= 4 is 31.8 Å². The van der Waals surface area contributed by atoms with E-state index in [0.717, 1.165) is 6.26 Å². The normalized spacial score (nSPS) is 21.9. The number of cyclic esters (lactones) is 1. The number of ether oxygens (including phenoxy) is 2. The lowest BCUT2D eigenvalue weighted by Gasteiger charge is -2.32. The van der Waals surface area contributed by atoms with Gasteiger partial charge in [-0.25, -0.2) is 13.2 Å². The summed E-state index contributed by atoms with van der Waals surface area (Å²) >= 11 is 0. The molecule has 2 fully saturated rings. The molecule has 2 aliphatic rings. The van der Waals surface area contributed by atoms with Gasteiger partial charge in [-0.15, -0.1) is 0 Å². The molecule has 1 amide bonds. The van der Waals surface area contributed by atoms with Gasteiger partial charge >= 0.3 is 6.09 Å². The molecule has 0 N–H and O–H groups in total. The van der Waals surface area contributed by atoms with E-state index in [1.54, 1.807) is 12.1 Å². The Morgan fingerprint density at radius 2 is 1.70 bits per heavy atom. The number of anilines is 1. The predicted octanol–water partition coefficient (Wildman–Crippen LogP) is 0.703. The second kappa shape index (κ2) is 8.79. The molecule has 3 rings (SSSR count). The van der Waals surface area contributed by atoms with E-state index >= 15 is 0 Å². The zero-order chi connectivity index (χ0) is 22.1. The van der Waals surface area contributed by atoms with Crippen molar-refractivity contribution in [2.45, 2.75) is 29.9 Å². The molecule has 10 nitrogen and oxygen atoms in total. The van der Waals surface area contributed by atoms with Gasteiger partial charge in [0.1, 0.15) is 6.10 Å². The molecule has 30 heavy (non-hydrogen) atoms. The fraction of sp³-hybridized carbons (Fsp3) is 0.611. The molecule has 1 aromatic rings. The van der Waals surface area contributed by atoms with Crippen LogP contribution in [0.2, 0.25) is 0 Å². The van der Waals surface area contributed by atoms with Crippen LogP contribution in [0.5, 0.6) is 0 Å². The van der Waals surface area contributed by atoms with E-state index in [9.17, 15) is 21.6 Å². The summed E-state index contributed by atoms with van der Waals surface area (Å²) in [4.78, 5) is 13.8. The van der Waals surface area contributed by atoms with Crippen LogP contribution in [-0.4, -0.2) is 90.3 Å². The lowest BCUT2D eigenvalue weighted by atomic mass is 10.1. The standard InChI is InChI=1S/C18H27N3O7S2/c1-19(2)30(25,26)20-10-8-15(9-11-20)27-13-16-12-21(18(22)28-16)14-4-6-17(7-5-14)29(3,23)24/h4-7,15-16H,8-13H2,1-3H3. The Morgan fingerprint density at radius 3 is 2.23 bits per heavy atom. The molecule has 0 bridgehead atoms. The fourth-order valence-corrected chi connectivity index (χ4v) is 5.16. The molecule has 2 heterocycles. The number of hydrogen-bond donors (Lipinski definition) is 0. The van der Waals surface area contributed by atoms with Crippen molar-refractivity contribution in [3.63, 3.8) is 0 Å². The highest BCUT2D eigenvalue weighted by atomic mass is 32.2. The van der Waals surface area contributed by atoms with Crippen molar-refractivity contribution < 1.29 is 31.1 Å². The van der Waals surface area contributed by atoms with Gasteiger partial charge in [-0.05, 0) is 37.1 Å². The lowest BCUT2D eigenvalue weighted by molar-refractivity contribution is -0.0197. The number of rotatable bonds is 7. The number of amides is 1. The molecule has 0 spiro atoms. The molecule has 0 aromatic heterocycles. The van der Waals surface area contributed by atoms with Crippen molar-refractivity contribution in [1.29, 1.82) is 0 Å². The summed E-state index contributed by atoms with van der Waals surface area (Å²) in [5.41, 5.74) is 0.553. The van der Waals surface area contributed by atoms with E-state index in [4.69, 9.17) is 9.47 Å². The maximum absolute atomic E-state index is 12.2. The summed E-state index contributed by atoms with van der Waals surface area (Å²) in [6.45, 7) is 1.28. The van der Waals surface area contributed by atoms with Crippen LogP contribution in [0.25, 0.3) is 0 Å². The molecule has 0 saturated carbocycles. The molecule has 0 aliphatic carbocycles. The third-order valence-corrected chi connectivity index (χ3v) is 8.23. The van der Waals surface area contributed by atoms with Gasteiger partial charge in [0.05, 0.1) is 24.2 Å². The van der Waals surface area contributed by atoms with E-state index in [1.165, 1.54) is 39.7 Å². The van der Waals surface area contributed by atoms with Crippen LogP contribution >= 0.6 is 0 Å². The average Bonchev–Trinajstić information content (AvgIpc) is 3.06. The summed E-state index contributed by atoms with van der Waals surface area (Å²) in [7, 11) is -3.71. The van der Waals surface area contributed by atoms with Crippen LogP contribution < -0.4 is 4.90 Å². The number of hydrogen-bond acceptors (Lipinski definition) is 7. The van der Waals surface area contributed by atoms with Crippen molar-refractivity contribution in [3.05, 3.63) is 24.3 Å². The first-order valence-electron chi connectivity index (χ1n) is 9.56. The molecule has 12 heteroatoms. The van der Waals surface area contributed by atoms with E-state index < -0.39 is 32.2 Å². The summed E-state index contributed by atoms with van der Waals surface area (Å²) in [5.74, 6) is 0. The number of carbonyl (C=O) groups is 1. The minimum Gasteiger partial charge on any atom is -0.441 e. The van der Waals surface area contributed by atoms with Gasteiger partial charge < -0.3 is 9.47 Å². The minimum absolute atomic E-state index is 0.0968. The zero-order valence-corrected chi connectivity index (χ0v) is 18.9. The highest BCUT2D eigenvalue weighted by Crippen LogP contribution is 2.24. The smallest absolute Gasteiger partial charge is 0.414 e. The summed E-state index contributed by atoms with van der Waals surface area (Å²) in [5, 5.41) is 0. The number of carbonyl (C=O) groups excluding carboxylic acids is 1. The number of benzene rings is 1. The Bertz CT molecular complexity index is 970. The average molecular weight is 462 g/mol. The molecule has 1 atom stereocenters. The third-order valence-electron chi connectivity index (χ3n) is 5.16. The first-order chi connectivity index (χ1) is 14.0. The van der Waals surface area contributed by atoms with E-state index in [1.807, 2.05) is 0 Å². The monoisotopic (exact) mass is 461 g/mol. The molecule has 1 aromatic carbocycles. The highest BCUT2D eigenvalue weighted by Gasteiger charge is 2.34. The van der Waals surface area contributed by atoms with Crippen LogP contribution in [-0.2, 0) is 29.5 Å². The summed E-state index contributed by atoms with van der Waals surface area (Å²) in [6.07, 6.45) is 1.22. The van der Waals surface area contributed by atoms with Crippen LogP contribution in [0.3, 0.4) is 0 Å². The second-order valence-electron chi connectivity index (χ2n) is 7.60. The molecular weight excluding hydrogens is 434 g/mol. The van der Waals surface area contributed by atoms with Crippen LogP contribution in [0, 0.1) is 0 Å². The Morgan fingerprint density at radius 1 is 1.10 bits per heavy atom. The van der Waals surface area contributed by atoms with Crippen molar-refractivity contribution in [2.75, 3.05) is 51.5 Å². The van der Waals surface area contributed by atoms with E-state index in [0.29, 0.717) is 38.2 Å². The quantitative estimate of drug-likeness (QED) is 0.587. The van der Waals surface area contributed by atoms with Gasteiger partial charge in [-0.3, -0.25) is 4.90 Å². The Hall–Kier alpha value is -1.73. The highest BCUT2D eigenvalue weighted by molar-refractivity contribution is 7.90. The topological polar surface area (TPSA) is 114 Å². The van der Waals surface area contributed by atoms with Crippen molar-refractivity contribution in [1.82, 2.24) is 8.61 Å². The third kappa shape index (κ3) is 5.11. The van der Waals surface area contributed by atoms with Gasteiger partial charge in [0.2, 0.25) is 0 Å². The van der Waals surface area contributed by atoms with E-state index in [-0.39, 0.29) is 17.6 Å². The maximum atomic E-state index is 12.2. The SMILES string of the molecule is CN(C)S(=O)(=O)N1CCC(OCC2CN(c3ccc(S(C)(=O)=O)cc3)C(=O)O2)CC1. The number of piperidine rings is 1. The molecule has 0 radical (unpaired) electrons. The second-order valence-corrected chi connectivity index (χ2v) is 11.8. The molecule has 1 unspecified atom stereocenters. The van der Waals surface area contributed by atoms with Crippen molar-refractivity contribution in [3.8, 4) is 0 Å². The lowest BCUT2D eigenvalue weighted by Crippen LogP contribution is -2.46. The van der Waals surface area contributed by atoms with Gasteiger partial charge in [0, 0.05) is 39.1 Å². The Balaban J connectivity index is 1.50. The summed E-state index contributed by atoms with van der Waals surface area (Å²) in [6, 6.07) is 6.05. The zero-order valence-electron chi connectivity index (χ0n) is 17.2. The number of nitrogens with zero attached hydrogens (tertiary/aromatic N) is 3. The molecule has 2 saturated heterocycles. The van der Waals surface area contributed by atoms with Crippen molar-refractivity contribution in [2.24, 2.45) is 0 Å². The largest absolute Gasteiger partial charge is 0.441 e. The maximum Gasteiger partial charge on any atom is 0.414 e. The predicted molar refractivity (Wildman–Crippen MR) is 110 cm³/mol. The van der Waals surface area contributed by atoms with Crippen LogP contribution in [0.15, 0.2) is 29.2 Å².